The highest BCUT2D eigenvalue weighted by Gasteiger charge is 2.82. The van der Waals surface area contributed by atoms with Gasteiger partial charge in [0.2, 0.25) is 5.88 Å². The van der Waals surface area contributed by atoms with Crippen LogP contribution in [0.2, 0.25) is 0 Å². The number of aromatic nitrogens is 1. The largest absolute Gasteiger partial charge is 0.481 e. The van der Waals surface area contributed by atoms with Crippen molar-refractivity contribution >= 4 is 29.2 Å². The molecule has 3 atom stereocenters. The first kappa shape index (κ1) is 22.4. The maximum absolute atomic E-state index is 14.3. The Morgan fingerprint density at radius 3 is 2.33 bits per heavy atom. The minimum atomic E-state index is -4.89. The Morgan fingerprint density at radius 2 is 1.80 bits per heavy atom. The van der Waals surface area contributed by atoms with E-state index in [0.29, 0.717) is 5.75 Å². The second kappa shape index (κ2) is 7.78. The third-order valence-corrected chi connectivity index (χ3v) is 5.94. The number of benzene rings is 1. The molecule has 1 N–H and O–H groups in total. The van der Waals surface area contributed by atoms with Crippen molar-refractivity contribution in [1.82, 2.24) is 4.98 Å². The summed E-state index contributed by atoms with van der Waals surface area (Å²) in [7, 11) is 0. The van der Waals surface area contributed by atoms with Crippen LogP contribution >= 0.6 is 23.2 Å². The second-order valence-corrected chi connectivity index (χ2v) is 8.63. The molecule has 2 aromatic rings. The Labute approximate surface area is 181 Å². The van der Waals surface area contributed by atoms with Crippen molar-refractivity contribution in [3.05, 3.63) is 64.8 Å². The molecule has 160 valence electrons. The number of hydrogen-bond acceptors (Lipinski definition) is 3. The van der Waals surface area contributed by atoms with Crippen LogP contribution in [0.15, 0.2) is 59.1 Å². The van der Waals surface area contributed by atoms with Gasteiger partial charge in [0.25, 0.3) is 0 Å². The number of halogens is 5. The van der Waals surface area contributed by atoms with Crippen LogP contribution in [0.4, 0.5) is 13.2 Å². The van der Waals surface area contributed by atoms with E-state index in [9.17, 15) is 23.1 Å². The number of hydrogen-bond donors (Lipinski definition) is 1. The molecule has 1 aliphatic rings. The zero-order chi connectivity index (χ0) is 22.3. The van der Waals surface area contributed by atoms with Crippen LogP contribution in [0.1, 0.15) is 25.5 Å². The fourth-order valence-corrected chi connectivity index (χ4v) is 4.56. The van der Waals surface area contributed by atoms with E-state index in [2.05, 4.69) is 4.98 Å². The van der Waals surface area contributed by atoms with Gasteiger partial charge in [0.1, 0.15) is 16.2 Å². The Bertz CT molecular complexity index is 975. The molecule has 0 radical (unpaired) electrons. The summed E-state index contributed by atoms with van der Waals surface area (Å²) in [5.74, 6) is -4.72. The maximum Gasteiger partial charge on any atom is 0.398 e. The number of ether oxygens (including phenoxy) is 1. The number of rotatable bonds is 6. The lowest BCUT2D eigenvalue weighted by Crippen LogP contribution is -2.39. The number of nitrogens with zero attached hydrogens (tertiary/aromatic N) is 1. The van der Waals surface area contributed by atoms with Gasteiger partial charge in [-0.2, -0.15) is 13.2 Å². The molecule has 1 aromatic carbocycles. The highest BCUT2D eigenvalue weighted by molar-refractivity contribution is 6.55. The third kappa shape index (κ3) is 3.76. The number of carboxylic acids is 1. The van der Waals surface area contributed by atoms with Gasteiger partial charge in [-0.1, -0.05) is 61.3 Å². The van der Waals surface area contributed by atoms with Crippen molar-refractivity contribution in [3.63, 3.8) is 0 Å². The molecule has 1 heterocycles. The van der Waals surface area contributed by atoms with Gasteiger partial charge in [0, 0.05) is 12.0 Å². The van der Waals surface area contributed by atoms with Gasteiger partial charge < -0.3 is 9.84 Å². The number of carboxylic acid groups (broad SMARTS) is 1. The van der Waals surface area contributed by atoms with E-state index >= 15 is 0 Å². The molecule has 0 aliphatic heterocycles. The molecule has 3 rings (SSSR count). The van der Waals surface area contributed by atoms with Gasteiger partial charge in [-0.05, 0) is 29.7 Å². The molecule has 9 heteroatoms. The number of carbonyl (C=O) groups is 1. The number of para-hydroxylation sites is 1. The smallest absolute Gasteiger partial charge is 0.398 e. The molecule has 0 saturated heterocycles. The quantitative estimate of drug-likeness (QED) is 0.530. The van der Waals surface area contributed by atoms with Gasteiger partial charge in [0.05, 0.1) is 11.1 Å². The first-order valence-electron chi connectivity index (χ1n) is 8.95. The van der Waals surface area contributed by atoms with Gasteiger partial charge >= 0.3 is 12.1 Å². The Hall–Kier alpha value is -2.25. The SMILES string of the molecule is CC1(C)C(C=C(Cl)Cl)C1(C(=O)O)C(c1cccc(Oc2ccccc2)n1)C(F)(F)F. The summed E-state index contributed by atoms with van der Waals surface area (Å²) in [6.45, 7) is 2.89. The summed E-state index contributed by atoms with van der Waals surface area (Å²) in [5, 5.41) is 9.95. The van der Waals surface area contributed by atoms with Crippen LogP contribution < -0.4 is 4.74 Å². The van der Waals surface area contributed by atoms with Crippen LogP contribution in [-0.4, -0.2) is 22.2 Å². The highest BCUT2D eigenvalue weighted by Crippen LogP contribution is 2.77. The average Bonchev–Trinajstić information content (AvgIpc) is 3.10. The van der Waals surface area contributed by atoms with Crippen LogP contribution in [0.25, 0.3) is 0 Å². The molecule has 4 nitrogen and oxygen atoms in total. The number of allylic oxidation sites excluding steroid dienone is 1. The zero-order valence-electron chi connectivity index (χ0n) is 16.0. The van der Waals surface area contributed by atoms with E-state index in [1.54, 1.807) is 30.3 Å². The van der Waals surface area contributed by atoms with Crippen molar-refractivity contribution in [2.24, 2.45) is 16.7 Å². The molecule has 0 spiro atoms. The second-order valence-electron chi connectivity index (χ2n) is 7.62. The van der Waals surface area contributed by atoms with Gasteiger partial charge in [-0.3, -0.25) is 4.79 Å². The van der Waals surface area contributed by atoms with Crippen molar-refractivity contribution in [1.29, 1.82) is 0 Å². The van der Waals surface area contributed by atoms with Crippen molar-refractivity contribution in [3.8, 4) is 11.6 Å². The molecule has 30 heavy (non-hydrogen) atoms. The molecule has 1 saturated carbocycles. The molecule has 1 fully saturated rings. The molecule has 0 bridgehead atoms. The molecule has 0 amide bonds. The zero-order valence-corrected chi connectivity index (χ0v) is 17.5. The minimum Gasteiger partial charge on any atom is -0.481 e. The number of pyridine rings is 1. The lowest BCUT2D eigenvalue weighted by atomic mass is 9.79. The summed E-state index contributed by atoms with van der Waals surface area (Å²) >= 11 is 11.3. The van der Waals surface area contributed by atoms with Crippen molar-refractivity contribution < 1.29 is 27.8 Å². The van der Waals surface area contributed by atoms with Gasteiger partial charge in [-0.15, -0.1) is 0 Å². The number of alkyl halides is 3. The van der Waals surface area contributed by atoms with E-state index in [1.807, 2.05) is 0 Å². The summed E-state index contributed by atoms with van der Waals surface area (Å²) in [6, 6.07) is 12.3. The highest BCUT2D eigenvalue weighted by atomic mass is 35.5. The summed E-state index contributed by atoms with van der Waals surface area (Å²) in [4.78, 5) is 16.3. The van der Waals surface area contributed by atoms with E-state index in [0.717, 1.165) is 12.1 Å². The van der Waals surface area contributed by atoms with Crippen LogP contribution in [0.5, 0.6) is 11.6 Å². The van der Waals surface area contributed by atoms with E-state index in [4.69, 9.17) is 27.9 Å². The predicted octanol–water partition coefficient (Wildman–Crippen LogP) is 6.57. The topological polar surface area (TPSA) is 59.4 Å². The molecular weight excluding hydrogens is 442 g/mol. The summed E-state index contributed by atoms with van der Waals surface area (Å²) in [5.41, 5.74) is -3.95. The van der Waals surface area contributed by atoms with E-state index in [1.165, 1.54) is 26.0 Å². The van der Waals surface area contributed by atoms with Crippen LogP contribution in [0, 0.1) is 16.7 Å². The van der Waals surface area contributed by atoms with Crippen LogP contribution in [-0.2, 0) is 4.79 Å². The minimum absolute atomic E-state index is 0.0746. The molecular formula is C21H18Cl2F3NO3. The Kier molecular flexibility index (Phi) is 5.82. The van der Waals surface area contributed by atoms with Crippen molar-refractivity contribution in [2.75, 3.05) is 0 Å². The Morgan fingerprint density at radius 1 is 1.17 bits per heavy atom. The van der Waals surface area contributed by atoms with E-state index in [-0.39, 0.29) is 10.4 Å². The van der Waals surface area contributed by atoms with Crippen LogP contribution in [0.3, 0.4) is 0 Å². The molecule has 1 aliphatic carbocycles. The standard InChI is InChI=1S/C21H18Cl2F3NO3/c1-19(2)14(11-15(22)23)20(19,18(28)29)17(21(24,25)26)13-9-6-10-16(27-13)30-12-7-4-3-5-8-12/h3-11,14,17H,1-2H3,(H,28,29). The normalized spacial score (nSPS) is 23.4. The fraction of sp³-hybridized carbons (Fsp3) is 0.333. The first-order valence-corrected chi connectivity index (χ1v) is 9.70. The maximum atomic E-state index is 14.3. The van der Waals surface area contributed by atoms with Gasteiger partial charge in [0.15, 0.2) is 0 Å². The first-order chi connectivity index (χ1) is 13.9. The monoisotopic (exact) mass is 459 g/mol. The van der Waals surface area contributed by atoms with Gasteiger partial charge in [-0.25, -0.2) is 4.98 Å². The fourth-order valence-electron chi connectivity index (χ4n) is 4.30. The van der Waals surface area contributed by atoms with E-state index < -0.39 is 40.5 Å². The van der Waals surface area contributed by atoms with Crippen molar-refractivity contribution in [2.45, 2.75) is 25.9 Å². The lowest BCUT2D eigenvalue weighted by Gasteiger charge is -2.29. The average molecular weight is 460 g/mol. The predicted molar refractivity (Wildman–Crippen MR) is 107 cm³/mol. The number of aliphatic carboxylic acids is 1. The summed E-state index contributed by atoms with van der Waals surface area (Å²) < 4.78 is 48.1. The summed E-state index contributed by atoms with van der Waals surface area (Å²) in [6.07, 6.45) is -3.74. The molecule has 1 aromatic heterocycles. The molecule has 3 unspecified atom stereocenters. The third-order valence-electron chi connectivity index (χ3n) is 5.69. The Balaban J connectivity index is 2.11. The lowest BCUT2D eigenvalue weighted by molar-refractivity contribution is -0.184.